The van der Waals surface area contributed by atoms with Crippen molar-refractivity contribution in [3.05, 3.63) is 58.2 Å². The molecule has 0 saturated heterocycles. The third-order valence-corrected chi connectivity index (χ3v) is 3.55. The second-order valence-electron chi connectivity index (χ2n) is 4.76. The van der Waals surface area contributed by atoms with Crippen LogP contribution in [0.25, 0.3) is 0 Å². The van der Waals surface area contributed by atoms with Gasteiger partial charge in [-0.15, -0.1) is 0 Å². The summed E-state index contributed by atoms with van der Waals surface area (Å²) in [4.78, 5) is 6.55. The maximum Gasteiger partial charge on any atom is 0.128 e. The van der Waals surface area contributed by atoms with Crippen LogP contribution in [0.5, 0.6) is 0 Å². The minimum Gasteiger partial charge on any atom is -0.355 e. The van der Waals surface area contributed by atoms with Crippen molar-refractivity contribution in [1.82, 2.24) is 4.98 Å². The number of anilines is 1. The molecule has 1 heterocycles. The van der Waals surface area contributed by atoms with Crippen LogP contribution >= 0.6 is 15.9 Å². The van der Waals surface area contributed by atoms with Gasteiger partial charge in [0.2, 0.25) is 0 Å². The van der Waals surface area contributed by atoms with E-state index in [2.05, 4.69) is 64.1 Å². The summed E-state index contributed by atoms with van der Waals surface area (Å²) in [5.41, 5.74) is 2.72. The van der Waals surface area contributed by atoms with E-state index in [-0.39, 0.29) is 0 Å². The smallest absolute Gasteiger partial charge is 0.128 e. The summed E-state index contributed by atoms with van der Waals surface area (Å²) in [7, 11) is 2.07. The molecular formula is C16H19BrN2. The molecule has 0 aliphatic rings. The SMILES string of the molecule is CCCc1ccc(CN(C)c2ccc(Br)cn2)cc1. The first-order chi connectivity index (χ1) is 9.19. The summed E-state index contributed by atoms with van der Waals surface area (Å²) < 4.78 is 1.01. The second kappa shape index (κ2) is 6.71. The summed E-state index contributed by atoms with van der Waals surface area (Å²) in [5.74, 6) is 0.987. The van der Waals surface area contributed by atoms with E-state index in [1.54, 1.807) is 0 Å². The summed E-state index contributed by atoms with van der Waals surface area (Å²) in [5, 5.41) is 0. The fourth-order valence-electron chi connectivity index (χ4n) is 2.05. The fraction of sp³-hybridized carbons (Fsp3) is 0.312. The molecule has 0 N–H and O–H groups in total. The number of nitrogens with zero attached hydrogens (tertiary/aromatic N) is 2. The van der Waals surface area contributed by atoms with Gasteiger partial charge in [-0.05, 0) is 45.6 Å². The predicted molar refractivity (Wildman–Crippen MR) is 84.5 cm³/mol. The van der Waals surface area contributed by atoms with Crippen LogP contribution in [0.4, 0.5) is 5.82 Å². The number of benzene rings is 1. The van der Waals surface area contributed by atoms with Crippen LogP contribution < -0.4 is 4.90 Å². The van der Waals surface area contributed by atoms with Crippen molar-refractivity contribution in [2.45, 2.75) is 26.3 Å². The lowest BCUT2D eigenvalue weighted by molar-refractivity contribution is 0.889. The van der Waals surface area contributed by atoms with Gasteiger partial charge in [0.25, 0.3) is 0 Å². The Kier molecular flexibility index (Phi) is 4.97. The monoisotopic (exact) mass is 318 g/mol. The molecule has 0 fully saturated rings. The van der Waals surface area contributed by atoms with E-state index in [0.717, 1.165) is 23.3 Å². The van der Waals surface area contributed by atoms with E-state index in [0.29, 0.717) is 0 Å². The molecule has 0 bridgehead atoms. The molecule has 0 saturated carbocycles. The second-order valence-corrected chi connectivity index (χ2v) is 5.67. The number of hydrogen-bond acceptors (Lipinski definition) is 2. The van der Waals surface area contributed by atoms with Crippen LogP contribution in [0, 0.1) is 0 Å². The van der Waals surface area contributed by atoms with E-state index >= 15 is 0 Å². The Bertz CT molecular complexity index is 505. The van der Waals surface area contributed by atoms with E-state index in [9.17, 15) is 0 Å². The third-order valence-electron chi connectivity index (χ3n) is 3.08. The molecule has 1 aromatic carbocycles. The van der Waals surface area contributed by atoms with Gasteiger partial charge < -0.3 is 4.90 Å². The highest BCUT2D eigenvalue weighted by molar-refractivity contribution is 9.10. The maximum absolute atomic E-state index is 4.40. The zero-order valence-electron chi connectivity index (χ0n) is 11.4. The quantitative estimate of drug-likeness (QED) is 0.810. The highest BCUT2D eigenvalue weighted by Gasteiger charge is 2.03. The van der Waals surface area contributed by atoms with Gasteiger partial charge in [-0.1, -0.05) is 37.6 Å². The average molecular weight is 319 g/mol. The molecule has 2 rings (SSSR count). The van der Waals surface area contributed by atoms with Gasteiger partial charge >= 0.3 is 0 Å². The lowest BCUT2D eigenvalue weighted by Gasteiger charge is -2.18. The standard InChI is InChI=1S/C16H19BrN2/c1-3-4-13-5-7-14(8-6-13)12-19(2)16-10-9-15(17)11-18-16/h5-11H,3-4,12H2,1-2H3. The highest BCUT2D eigenvalue weighted by atomic mass is 79.9. The van der Waals surface area contributed by atoms with Crippen LogP contribution in [0.3, 0.4) is 0 Å². The molecule has 0 spiro atoms. The molecule has 2 aromatic rings. The molecule has 3 heteroatoms. The minimum atomic E-state index is 0.876. The van der Waals surface area contributed by atoms with Crippen molar-refractivity contribution in [2.24, 2.45) is 0 Å². The molecule has 0 radical (unpaired) electrons. The fourth-order valence-corrected chi connectivity index (χ4v) is 2.28. The van der Waals surface area contributed by atoms with Crippen LogP contribution in [0.1, 0.15) is 24.5 Å². The number of aromatic nitrogens is 1. The van der Waals surface area contributed by atoms with Crippen LogP contribution in [-0.2, 0) is 13.0 Å². The Morgan fingerprint density at radius 2 is 1.74 bits per heavy atom. The molecule has 1 aromatic heterocycles. The Labute approximate surface area is 123 Å². The number of hydrogen-bond donors (Lipinski definition) is 0. The van der Waals surface area contributed by atoms with E-state index < -0.39 is 0 Å². The Morgan fingerprint density at radius 3 is 2.32 bits per heavy atom. The van der Waals surface area contributed by atoms with Crippen molar-refractivity contribution in [1.29, 1.82) is 0 Å². The van der Waals surface area contributed by atoms with Gasteiger partial charge in [0.05, 0.1) is 0 Å². The van der Waals surface area contributed by atoms with Gasteiger partial charge in [0.1, 0.15) is 5.82 Å². The largest absolute Gasteiger partial charge is 0.355 e. The molecule has 0 atom stereocenters. The normalized spacial score (nSPS) is 10.5. The zero-order valence-corrected chi connectivity index (χ0v) is 13.0. The summed E-state index contributed by atoms with van der Waals surface area (Å²) in [6.45, 7) is 3.09. The lowest BCUT2D eigenvalue weighted by atomic mass is 10.1. The lowest BCUT2D eigenvalue weighted by Crippen LogP contribution is -2.17. The van der Waals surface area contributed by atoms with Crippen molar-refractivity contribution in [3.63, 3.8) is 0 Å². The molecule has 2 nitrogen and oxygen atoms in total. The first kappa shape index (κ1) is 14.1. The maximum atomic E-state index is 4.40. The topological polar surface area (TPSA) is 16.1 Å². The molecule has 19 heavy (non-hydrogen) atoms. The van der Waals surface area contributed by atoms with E-state index in [4.69, 9.17) is 0 Å². The van der Waals surface area contributed by atoms with Gasteiger partial charge in [-0.2, -0.15) is 0 Å². The van der Waals surface area contributed by atoms with Crippen molar-refractivity contribution in [3.8, 4) is 0 Å². The first-order valence-electron chi connectivity index (χ1n) is 6.59. The summed E-state index contributed by atoms with van der Waals surface area (Å²) >= 11 is 3.40. The molecule has 0 unspecified atom stereocenters. The Hall–Kier alpha value is -1.35. The third kappa shape index (κ3) is 4.06. The molecule has 100 valence electrons. The molecule has 0 aliphatic heterocycles. The Morgan fingerprint density at radius 1 is 1.05 bits per heavy atom. The van der Waals surface area contributed by atoms with E-state index in [1.165, 1.54) is 17.5 Å². The van der Waals surface area contributed by atoms with Gasteiger partial charge in [-0.3, -0.25) is 0 Å². The first-order valence-corrected chi connectivity index (χ1v) is 7.39. The predicted octanol–water partition coefficient (Wildman–Crippen LogP) is 4.43. The summed E-state index contributed by atoms with van der Waals surface area (Å²) in [6, 6.07) is 12.9. The Balaban J connectivity index is 2.01. The number of rotatable bonds is 5. The number of aryl methyl sites for hydroxylation is 1. The van der Waals surface area contributed by atoms with Gasteiger partial charge in [0, 0.05) is 24.3 Å². The van der Waals surface area contributed by atoms with Crippen molar-refractivity contribution in [2.75, 3.05) is 11.9 Å². The summed E-state index contributed by atoms with van der Waals surface area (Å²) in [6.07, 6.45) is 4.18. The molecule has 0 amide bonds. The van der Waals surface area contributed by atoms with Gasteiger partial charge in [0.15, 0.2) is 0 Å². The zero-order chi connectivity index (χ0) is 13.7. The van der Waals surface area contributed by atoms with E-state index in [1.807, 2.05) is 18.3 Å². The molecule has 0 aliphatic carbocycles. The van der Waals surface area contributed by atoms with Crippen LogP contribution in [-0.4, -0.2) is 12.0 Å². The number of pyridine rings is 1. The number of halogens is 1. The van der Waals surface area contributed by atoms with Crippen molar-refractivity contribution >= 4 is 21.7 Å². The minimum absolute atomic E-state index is 0.876. The van der Waals surface area contributed by atoms with Crippen molar-refractivity contribution < 1.29 is 0 Å². The molecular weight excluding hydrogens is 300 g/mol. The average Bonchev–Trinajstić information content (AvgIpc) is 2.42. The van der Waals surface area contributed by atoms with Crippen LogP contribution in [0.15, 0.2) is 47.1 Å². The van der Waals surface area contributed by atoms with Crippen LogP contribution in [0.2, 0.25) is 0 Å². The van der Waals surface area contributed by atoms with Gasteiger partial charge in [-0.25, -0.2) is 4.98 Å². The highest BCUT2D eigenvalue weighted by Crippen LogP contribution is 2.16.